The van der Waals surface area contributed by atoms with Crippen molar-refractivity contribution < 1.29 is 19.0 Å². The number of pyridine rings is 1. The van der Waals surface area contributed by atoms with Gasteiger partial charge in [0.15, 0.2) is 11.5 Å². The molecule has 3 heterocycles. The van der Waals surface area contributed by atoms with E-state index in [1.807, 2.05) is 6.07 Å². The topological polar surface area (TPSA) is 84.7 Å². The second kappa shape index (κ2) is 5.74. The molecule has 0 radical (unpaired) electrons. The fourth-order valence-corrected chi connectivity index (χ4v) is 2.58. The maximum atomic E-state index is 12.4. The molecule has 0 saturated carbocycles. The molecule has 1 fully saturated rings. The molecule has 0 atom stereocenters. The zero-order valence-corrected chi connectivity index (χ0v) is 12.6. The summed E-state index contributed by atoms with van der Waals surface area (Å²) in [5.41, 5.74) is 1.05. The monoisotopic (exact) mass is 323 g/mol. The predicted molar refractivity (Wildman–Crippen MR) is 81.8 cm³/mol. The van der Waals surface area contributed by atoms with Gasteiger partial charge in [0.2, 0.25) is 12.7 Å². The van der Waals surface area contributed by atoms with Gasteiger partial charge < -0.3 is 19.1 Å². The van der Waals surface area contributed by atoms with E-state index in [0.717, 1.165) is 0 Å². The lowest BCUT2D eigenvalue weighted by Gasteiger charge is -2.38. The number of hydrogen-bond acceptors (Lipinski definition) is 6. The summed E-state index contributed by atoms with van der Waals surface area (Å²) in [5, 5.41) is 8.74. The van der Waals surface area contributed by atoms with Gasteiger partial charge in [-0.1, -0.05) is 0 Å². The minimum absolute atomic E-state index is 0.0686. The first-order chi connectivity index (χ1) is 11.7. The highest BCUT2D eigenvalue weighted by Crippen LogP contribution is 2.33. The number of fused-ring (bicyclic) bond motifs is 1. The Morgan fingerprint density at radius 3 is 2.83 bits per heavy atom. The van der Waals surface area contributed by atoms with E-state index < -0.39 is 0 Å². The Balaban J connectivity index is 1.35. The molecule has 120 valence electrons. The normalized spacial score (nSPS) is 15.5. The molecule has 0 bridgehead atoms. The maximum absolute atomic E-state index is 12.4. The lowest BCUT2D eigenvalue weighted by molar-refractivity contribution is 0.0160. The number of carbonyl (C=O) groups excluding carboxylic acids is 1. The number of benzene rings is 1. The summed E-state index contributed by atoms with van der Waals surface area (Å²) >= 11 is 0. The zero-order valence-electron chi connectivity index (χ0n) is 12.6. The van der Waals surface area contributed by atoms with Crippen LogP contribution in [-0.2, 0) is 0 Å². The molecule has 2 aliphatic heterocycles. The fraction of sp³-hybridized carbons (Fsp3) is 0.235. The quantitative estimate of drug-likeness (QED) is 0.853. The van der Waals surface area contributed by atoms with Crippen molar-refractivity contribution in [2.75, 3.05) is 19.9 Å². The Morgan fingerprint density at radius 1 is 1.25 bits per heavy atom. The number of likely N-dealkylation sites (tertiary alicyclic amines) is 1. The van der Waals surface area contributed by atoms with Crippen molar-refractivity contribution in [1.29, 1.82) is 5.26 Å². The van der Waals surface area contributed by atoms with Gasteiger partial charge in [-0.25, -0.2) is 4.98 Å². The van der Waals surface area contributed by atoms with Crippen LogP contribution in [-0.4, -0.2) is 41.8 Å². The smallest absolute Gasteiger partial charge is 0.254 e. The van der Waals surface area contributed by atoms with Crippen LogP contribution in [0.25, 0.3) is 0 Å². The molecular weight excluding hydrogens is 310 g/mol. The molecule has 1 aromatic carbocycles. The molecule has 24 heavy (non-hydrogen) atoms. The molecule has 2 aromatic rings. The van der Waals surface area contributed by atoms with Gasteiger partial charge in [0.25, 0.3) is 5.91 Å². The summed E-state index contributed by atoms with van der Waals surface area (Å²) < 4.78 is 16.2. The minimum atomic E-state index is -0.0941. The molecule has 0 aliphatic carbocycles. The second-order valence-corrected chi connectivity index (χ2v) is 5.51. The predicted octanol–water partition coefficient (Wildman–Crippen LogP) is 1.59. The Morgan fingerprint density at radius 2 is 2.08 bits per heavy atom. The zero-order chi connectivity index (χ0) is 16.5. The van der Waals surface area contributed by atoms with Gasteiger partial charge in [0.1, 0.15) is 12.2 Å². The van der Waals surface area contributed by atoms with Gasteiger partial charge in [-0.2, -0.15) is 5.26 Å². The SMILES string of the molecule is N#Cc1ccc(OC2CN(C(=O)c3ccc4c(c3)OCO4)C2)nc1. The first kappa shape index (κ1) is 14.3. The van der Waals surface area contributed by atoms with Crippen LogP contribution in [0, 0.1) is 11.3 Å². The van der Waals surface area contributed by atoms with E-state index in [-0.39, 0.29) is 18.8 Å². The molecule has 0 N–H and O–H groups in total. The third-order valence-corrected chi connectivity index (χ3v) is 3.91. The highest BCUT2D eigenvalue weighted by molar-refractivity contribution is 5.95. The molecule has 1 saturated heterocycles. The number of carbonyl (C=O) groups is 1. The largest absolute Gasteiger partial charge is 0.471 e. The number of nitriles is 1. The van der Waals surface area contributed by atoms with Gasteiger partial charge in [-0.15, -0.1) is 0 Å². The van der Waals surface area contributed by atoms with Crippen LogP contribution in [0.3, 0.4) is 0 Å². The van der Waals surface area contributed by atoms with Gasteiger partial charge in [0.05, 0.1) is 18.7 Å². The molecule has 1 aromatic heterocycles. The van der Waals surface area contributed by atoms with Crippen LogP contribution in [0.2, 0.25) is 0 Å². The molecule has 2 aliphatic rings. The van der Waals surface area contributed by atoms with E-state index in [1.165, 1.54) is 6.20 Å². The Hall–Kier alpha value is -3.27. The summed E-state index contributed by atoms with van der Waals surface area (Å²) in [7, 11) is 0. The van der Waals surface area contributed by atoms with Crippen LogP contribution in [0.4, 0.5) is 0 Å². The van der Waals surface area contributed by atoms with E-state index in [9.17, 15) is 4.79 Å². The van der Waals surface area contributed by atoms with Crippen LogP contribution < -0.4 is 14.2 Å². The van der Waals surface area contributed by atoms with E-state index in [1.54, 1.807) is 35.2 Å². The molecule has 0 spiro atoms. The minimum Gasteiger partial charge on any atom is -0.471 e. The third-order valence-electron chi connectivity index (χ3n) is 3.91. The van der Waals surface area contributed by atoms with Crippen molar-refractivity contribution in [1.82, 2.24) is 9.88 Å². The standard InChI is InChI=1S/C17H13N3O4/c18-6-11-1-4-16(19-7-11)24-13-8-20(9-13)17(21)12-2-3-14-15(5-12)23-10-22-14/h1-5,7,13H,8-10H2. The number of nitrogens with zero attached hydrogens (tertiary/aromatic N) is 3. The van der Waals surface area contributed by atoms with Gasteiger partial charge in [-0.05, 0) is 24.3 Å². The number of ether oxygens (including phenoxy) is 3. The summed E-state index contributed by atoms with van der Waals surface area (Å²) in [4.78, 5) is 18.2. The van der Waals surface area contributed by atoms with Crippen LogP contribution in [0.5, 0.6) is 17.4 Å². The average Bonchev–Trinajstić information content (AvgIpc) is 3.05. The maximum Gasteiger partial charge on any atom is 0.254 e. The van der Waals surface area contributed by atoms with Crippen molar-refractivity contribution in [3.05, 3.63) is 47.7 Å². The van der Waals surface area contributed by atoms with E-state index in [4.69, 9.17) is 19.5 Å². The highest BCUT2D eigenvalue weighted by atomic mass is 16.7. The summed E-state index contributed by atoms with van der Waals surface area (Å²) in [6.07, 6.45) is 1.37. The molecule has 4 rings (SSSR count). The first-order valence-electron chi connectivity index (χ1n) is 7.44. The molecule has 7 nitrogen and oxygen atoms in total. The number of rotatable bonds is 3. The molecule has 1 amide bonds. The van der Waals surface area contributed by atoms with Crippen molar-refractivity contribution in [2.45, 2.75) is 6.10 Å². The van der Waals surface area contributed by atoms with Crippen LogP contribution in [0.15, 0.2) is 36.5 Å². The first-order valence-corrected chi connectivity index (χ1v) is 7.44. The highest BCUT2D eigenvalue weighted by Gasteiger charge is 2.33. The van der Waals surface area contributed by atoms with Gasteiger partial charge in [0, 0.05) is 17.8 Å². The Bertz CT molecular complexity index is 823. The van der Waals surface area contributed by atoms with E-state index in [2.05, 4.69) is 4.98 Å². The Labute approximate surface area is 138 Å². The number of hydrogen-bond donors (Lipinski definition) is 0. The lowest BCUT2D eigenvalue weighted by Crippen LogP contribution is -2.56. The van der Waals surface area contributed by atoms with Gasteiger partial charge >= 0.3 is 0 Å². The second-order valence-electron chi connectivity index (χ2n) is 5.51. The molecule has 7 heteroatoms. The summed E-state index contributed by atoms with van der Waals surface area (Å²) in [6, 6.07) is 10.5. The summed E-state index contributed by atoms with van der Waals surface area (Å²) in [5.74, 6) is 1.63. The van der Waals surface area contributed by atoms with Crippen LogP contribution in [0.1, 0.15) is 15.9 Å². The van der Waals surface area contributed by atoms with Crippen molar-refractivity contribution in [3.63, 3.8) is 0 Å². The Kier molecular flexibility index (Phi) is 3.43. The lowest BCUT2D eigenvalue weighted by atomic mass is 10.1. The number of aromatic nitrogens is 1. The van der Waals surface area contributed by atoms with Gasteiger partial charge in [-0.3, -0.25) is 4.79 Å². The molecular formula is C17H13N3O4. The van der Waals surface area contributed by atoms with Crippen molar-refractivity contribution in [2.24, 2.45) is 0 Å². The average molecular weight is 323 g/mol. The van der Waals surface area contributed by atoms with E-state index in [0.29, 0.717) is 41.6 Å². The summed E-state index contributed by atoms with van der Waals surface area (Å²) in [6.45, 7) is 1.17. The number of amides is 1. The third kappa shape index (κ3) is 2.58. The van der Waals surface area contributed by atoms with Crippen molar-refractivity contribution in [3.8, 4) is 23.4 Å². The van der Waals surface area contributed by atoms with Crippen molar-refractivity contribution >= 4 is 5.91 Å². The molecule has 0 unspecified atom stereocenters. The fourth-order valence-electron chi connectivity index (χ4n) is 2.58. The van der Waals surface area contributed by atoms with Crippen LogP contribution >= 0.6 is 0 Å². The van der Waals surface area contributed by atoms with E-state index >= 15 is 0 Å².